The number of nitrogens with one attached hydrogen (secondary N) is 3. The number of likely N-dealkylation sites (N-methyl/N-ethyl adjacent to an activating group) is 1. The number of carbonyl (C=O) groups excluding carboxylic acids is 5. The van der Waals surface area contributed by atoms with Crippen molar-refractivity contribution in [3.05, 3.63) is 45.9 Å². The number of amides is 4. The molecule has 1 aliphatic rings. The van der Waals surface area contributed by atoms with Crippen LogP contribution < -0.4 is 16.0 Å². The van der Waals surface area contributed by atoms with Crippen LogP contribution in [0.25, 0.3) is 0 Å². The first-order chi connectivity index (χ1) is 29.8. The number of nitrogens with zero attached hydrogens (tertiary/aromatic N) is 3. The number of carboxylic acid groups (broad SMARTS) is 1. The number of rotatable bonds is 25. The number of hydrogen-bond donors (Lipinski definition) is 4. The van der Waals surface area contributed by atoms with Crippen molar-refractivity contribution in [3.8, 4) is 12.3 Å². The molecule has 0 spiro atoms. The number of benzene rings is 1. The number of terminal acetylenes is 1. The number of anilines is 1. The van der Waals surface area contributed by atoms with Gasteiger partial charge in [0.1, 0.15) is 23.4 Å². The third-order valence-corrected chi connectivity index (χ3v) is 12.2. The number of carbonyl (C=O) groups is 6. The van der Waals surface area contributed by atoms with E-state index in [1.165, 1.54) is 19.1 Å². The van der Waals surface area contributed by atoms with Gasteiger partial charge in [-0.25, -0.2) is 10.0 Å². The van der Waals surface area contributed by atoms with Crippen LogP contribution in [-0.2, 0) is 44.7 Å². The van der Waals surface area contributed by atoms with Gasteiger partial charge in [-0.15, -0.1) is 23.7 Å². The van der Waals surface area contributed by atoms with E-state index in [1.807, 2.05) is 39.6 Å². The molecule has 4 N–H and O–H groups in total. The minimum absolute atomic E-state index is 0.0354. The number of likely N-dealkylation sites (tertiary alicyclic amines) is 1. The lowest BCUT2D eigenvalue weighted by molar-refractivity contribution is -0.213. The molecule has 4 amide bonds. The zero-order valence-corrected chi connectivity index (χ0v) is 39.2. The Bertz CT molecular complexity index is 1880. The fourth-order valence-electron chi connectivity index (χ4n) is 7.41. The van der Waals surface area contributed by atoms with Crippen molar-refractivity contribution in [2.75, 3.05) is 39.2 Å². The molecule has 17 heteroatoms. The first-order valence-electron chi connectivity index (χ1n) is 21.8. The van der Waals surface area contributed by atoms with E-state index in [9.17, 15) is 33.9 Å². The number of aromatic nitrogens is 1. The van der Waals surface area contributed by atoms with E-state index in [0.717, 1.165) is 36.3 Å². The molecule has 63 heavy (non-hydrogen) atoms. The van der Waals surface area contributed by atoms with Gasteiger partial charge in [0, 0.05) is 44.0 Å². The number of ether oxygens (including phenoxy) is 2. The van der Waals surface area contributed by atoms with E-state index in [2.05, 4.69) is 26.9 Å². The van der Waals surface area contributed by atoms with E-state index >= 15 is 0 Å². The molecule has 1 aliphatic heterocycles. The number of unbranched alkanes of at least 4 members (excludes halogenated alkanes) is 1. The normalized spacial score (nSPS) is 16.7. The lowest BCUT2D eigenvalue weighted by atomic mass is 9.84. The number of hydrogen-bond acceptors (Lipinski definition) is 12. The van der Waals surface area contributed by atoms with Crippen LogP contribution in [0, 0.1) is 29.6 Å². The van der Waals surface area contributed by atoms with Gasteiger partial charge < -0.3 is 30.5 Å². The van der Waals surface area contributed by atoms with Gasteiger partial charge >= 0.3 is 11.9 Å². The molecule has 1 saturated heterocycles. The summed E-state index contributed by atoms with van der Waals surface area (Å²) >= 11 is 1.11. The summed E-state index contributed by atoms with van der Waals surface area (Å²) in [5.74, 6) is -1.04. The molecule has 2 aromatic rings. The summed E-state index contributed by atoms with van der Waals surface area (Å²) < 4.78 is 10.7. The average molecular weight is 897 g/mol. The Morgan fingerprint density at radius 2 is 1.79 bits per heavy atom. The highest BCUT2D eigenvalue weighted by Crippen LogP contribution is 2.32. The average Bonchev–Trinajstić information content (AvgIpc) is 3.72. The van der Waals surface area contributed by atoms with E-state index in [0.29, 0.717) is 36.4 Å². The van der Waals surface area contributed by atoms with Crippen molar-refractivity contribution in [1.29, 1.82) is 0 Å². The van der Waals surface area contributed by atoms with Gasteiger partial charge in [-0.05, 0) is 89.1 Å². The summed E-state index contributed by atoms with van der Waals surface area (Å²) in [7, 11) is 3.34. The van der Waals surface area contributed by atoms with Gasteiger partial charge in [-0.3, -0.25) is 38.5 Å². The zero-order valence-electron chi connectivity index (χ0n) is 38.4. The second-order valence-electron chi connectivity index (χ2n) is 17.3. The van der Waals surface area contributed by atoms with Crippen LogP contribution in [0.3, 0.4) is 0 Å². The lowest BCUT2D eigenvalue weighted by Gasteiger charge is -2.39. The number of carboxylic acids is 1. The summed E-state index contributed by atoms with van der Waals surface area (Å²) in [6.07, 6.45) is 9.04. The van der Waals surface area contributed by atoms with Crippen LogP contribution in [0.2, 0.25) is 0 Å². The third kappa shape index (κ3) is 16.3. The number of hydroxylamine groups is 2. The Hall–Kier alpha value is -4.89. The summed E-state index contributed by atoms with van der Waals surface area (Å²) in [6.45, 7) is 12.9. The first kappa shape index (κ1) is 52.5. The predicted molar refractivity (Wildman–Crippen MR) is 240 cm³/mol. The topological polar surface area (TPSA) is 206 Å². The Balaban J connectivity index is 1.93. The first-order valence-corrected chi connectivity index (χ1v) is 22.6. The summed E-state index contributed by atoms with van der Waals surface area (Å²) in [5.41, 5.74) is 0.183. The Morgan fingerprint density at radius 1 is 1.10 bits per heavy atom. The highest BCUT2D eigenvalue weighted by Gasteiger charge is 2.40. The lowest BCUT2D eigenvalue weighted by Crippen LogP contribution is -2.58. The van der Waals surface area contributed by atoms with Gasteiger partial charge in [0.15, 0.2) is 6.10 Å². The largest absolute Gasteiger partial charge is 0.481 e. The summed E-state index contributed by atoms with van der Waals surface area (Å²) in [4.78, 5) is 92.0. The Kier molecular flexibility index (Phi) is 21.2. The molecular formula is C46H68N6O10S. The quantitative estimate of drug-likeness (QED) is 0.0406. The number of piperidine rings is 1. The molecule has 1 fully saturated rings. The van der Waals surface area contributed by atoms with E-state index < -0.39 is 53.4 Å². The number of esters is 1. The van der Waals surface area contributed by atoms with Crippen LogP contribution in [0.5, 0.6) is 0 Å². The van der Waals surface area contributed by atoms with Crippen molar-refractivity contribution in [2.45, 2.75) is 137 Å². The Morgan fingerprint density at radius 3 is 2.38 bits per heavy atom. The minimum atomic E-state index is -1.19. The molecule has 0 unspecified atom stereocenters. The van der Waals surface area contributed by atoms with Crippen molar-refractivity contribution in [1.82, 2.24) is 25.6 Å². The van der Waals surface area contributed by atoms with Crippen molar-refractivity contribution in [3.63, 3.8) is 0 Å². The molecule has 6 atom stereocenters. The second kappa shape index (κ2) is 25.4. The molecule has 1 aromatic heterocycles. The van der Waals surface area contributed by atoms with Crippen LogP contribution in [0.1, 0.15) is 127 Å². The molecular weight excluding hydrogens is 829 g/mol. The second-order valence-corrected chi connectivity index (χ2v) is 18.2. The summed E-state index contributed by atoms with van der Waals surface area (Å²) in [6, 6.07) is 4.40. The van der Waals surface area contributed by atoms with Crippen LogP contribution in [0.15, 0.2) is 29.6 Å². The monoisotopic (exact) mass is 896 g/mol. The van der Waals surface area contributed by atoms with Gasteiger partial charge in [-0.1, -0.05) is 52.7 Å². The summed E-state index contributed by atoms with van der Waals surface area (Å²) in [5, 5.41) is 21.9. The van der Waals surface area contributed by atoms with E-state index in [4.69, 9.17) is 20.7 Å². The van der Waals surface area contributed by atoms with E-state index in [-0.39, 0.29) is 67.9 Å². The van der Waals surface area contributed by atoms with Crippen LogP contribution in [-0.4, -0.2) is 114 Å². The fraction of sp³-hybridized carbons (Fsp3) is 0.630. The number of methoxy groups -OCH3 is 1. The van der Waals surface area contributed by atoms with Crippen molar-refractivity contribution >= 4 is 52.6 Å². The molecule has 0 bridgehead atoms. The van der Waals surface area contributed by atoms with Crippen LogP contribution >= 0.6 is 11.3 Å². The standard InChI is InChI=1S/C46H68N6O10S/c1-11-13-16-23-61-52(44(57)40(30(5)12-2)50-42(56)36-17-14-15-22-51(36)9)37(29(3)4)25-38(62-31(6)53)43-49-35(28-63-43)41(55)48-34(26-46(7,8)45(58)59)24-32-18-20-33(21-19-32)47-39(54)27-60-10/h1,18-21,28-30,34,36-38,40H,12-17,22-27H2,2-10H3,(H,47,54)(H,48,55)(H,50,56)(H,58,59)/t30-,34-,36+,37+,38+,40-/m0/s1. The molecule has 1 aromatic carbocycles. The van der Waals surface area contributed by atoms with E-state index in [1.54, 1.807) is 43.5 Å². The highest BCUT2D eigenvalue weighted by atomic mass is 32.1. The van der Waals surface area contributed by atoms with Crippen LogP contribution in [0.4, 0.5) is 5.69 Å². The van der Waals surface area contributed by atoms with Gasteiger partial charge in [-0.2, -0.15) is 0 Å². The van der Waals surface area contributed by atoms with Gasteiger partial charge in [0.2, 0.25) is 11.8 Å². The molecule has 3 rings (SSSR count). The maximum atomic E-state index is 14.7. The maximum absolute atomic E-state index is 14.7. The molecule has 0 aliphatic carbocycles. The minimum Gasteiger partial charge on any atom is -0.481 e. The third-order valence-electron chi connectivity index (χ3n) is 11.3. The number of thiazole rings is 1. The highest BCUT2D eigenvalue weighted by molar-refractivity contribution is 7.09. The Labute approximate surface area is 376 Å². The predicted octanol–water partition coefficient (Wildman–Crippen LogP) is 5.78. The van der Waals surface area contributed by atoms with Crippen molar-refractivity contribution in [2.24, 2.45) is 17.3 Å². The molecule has 2 heterocycles. The van der Waals surface area contributed by atoms with Gasteiger partial charge in [0.05, 0.1) is 24.1 Å². The van der Waals surface area contributed by atoms with Crippen molar-refractivity contribution < 1.29 is 48.2 Å². The SMILES string of the molecule is C#CCCCON(C(=O)[C@@H](NC(=O)[C@H]1CCCCN1C)[C@@H](C)CC)[C@H](C[C@@H](OC(C)=O)c1nc(C(=O)N[C@@H](Cc2ccc(NC(=O)COC)cc2)CC(C)(C)C(=O)O)cs1)C(C)C. The fourth-order valence-corrected chi connectivity index (χ4v) is 8.25. The molecule has 348 valence electrons. The molecule has 0 radical (unpaired) electrons. The number of aliphatic carboxylic acids is 1. The smallest absolute Gasteiger partial charge is 0.309 e. The molecule has 16 nitrogen and oxygen atoms in total. The maximum Gasteiger partial charge on any atom is 0.309 e. The molecule has 0 saturated carbocycles. The van der Waals surface area contributed by atoms with Gasteiger partial charge in [0.25, 0.3) is 11.8 Å². The zero-order chi connectivity index (χ0) is 46.9.